The number of halogens is 1. The van der Waals surface area contributed by atoms with Crippen LogP contribution in [-0.2, 0) is 14.8 Å². The van der Waals surface area contributed by atoms with Crippen LogP contribution >= 0.6 is 11.6 Å². The van der Waals surface area contributed by atoms with E-state index in [0.29, 0.717) is 43.2 Å². The van der Waals surface area contributed by atoms with E-state index in [1.807, 2.05) is 0 Å². The lowest BCUT2D eigenvalue weighted by molar-refractivity contribution is 0.0303. The average molecular weight is 500 g/mol. The lowest BCUT2D eigenvalue weighted by Gasteiger charge is -2.27. The maximum absolute atomic E-state index is 13.0. The van der Waals surface area contributed by atoms with Gasteiger partial charge in [-0.2, -0.15) is 0 Å². The summed E-state index contributed by atoms with van der Waals surface area (Å²) in [6.07, 6.45) is 0. The van der Waals surface area contributed by atoms with Gasteiger partial charge in [-0.25, -0.2) is 8.42 Å². The summed E-state index contributed by atoms with van der Waals surface area (Å²) in [5, 5.41) is 2.69. The maximum Gasteiger partial charge on any atom is 0.263 e. The van der Waals surface area contributed by atoms with Crippen molar-refractivity contribution in [3.8, 4) is 0 Å². The zero-order chi connectivity index (χ0) is 24.1. The number of nitrogens with one attached hydrogen (secondary N) is 2. The van der Waals surface area contributed by atoms with Gasteiger partial charge in [0.15, 0.2) is 0 Å². The Morgan fingerprint density at radius 1 is 0.912 bits per heavy atom. The second kappa shape index (κ2) is 10.3. The fourth-order valence-corrected chi connectivity index (χ4v) is 5.06. The lowest BCUT2D eigenvalue weighted by Crippen LogP contribution is -2.41. The number of amides is 2. The highest BCUT2D eigenvalue weighted by Crippen LogP contribution is 2.26. The predicted octanol–water partition coefficient (Wildman–Crippen LogP) is 3.87. The number of hydrogen-bond donors (Lipinski definition) is 2. The number of benzene rings is 3. The number of hydrogen-bond acceptors (Lipinski definition) is 5. The van der Waals surface area contributed by atoms with E-state index in [1.54, 1.807) is 59.5 Å². The smallest absolute Gasteiger partial charge is 0.263 e. The van der Waals surface area contributed by atoms with Gasteiger partial charge in [0.2, 0.25) is 0 Å². The molecule has 34 heavy (non-hydrogen) atoms. The monoisotopic (exact) mass is 499 g/mol. The summed E-state index contributed by atoms with van der Waals surface area (Å²) in [6, 6.07) is 19.0. The van der Waals surface area contributed by atoms with Crippen LogP contribution in [0.25, 0.3) is 0 Å². The van der Waals surface area contributed by atoms with E-state index in [9.17, 15) is 18.0 Å². The number of rotatable bonds is 6. The third-order valence-corrected chi connectivity index (χ3v) is 7.08. The van der Waals surface area contributed by atoms with Crippen molar-refractivity contribution in [2.24, 2.45) is 0 Å². The van der Waals surface area contributed by atoms with Crippen LogP contribution in [0, 0.1) is 0 Å². The summed E-state index contributed by atoms with van der Waals surface area (Å²) in [5.74, 6) is -0.791. The Bertz CT molecular complexity index is 1310. The molecular formula is C24H22ClN3O5S. The molecule has 10 heteroatoms. The van der Waals surface area contributed by atoms with Gasteiger partial charge in [0, 0.05) is 24.3 Å². The van der Waals surface area contributed by atoms with E-state index < -0.39 is 15.9 Å². The molecule has 3 aromatic carbocycles. The minimum Gasteiger partial charge on any atom is -0.378 e. The van der Waals surface area contributed by atoms with Gasteiger partial charge in [-0.3, -0.25) is 14.3 Å². The van der Waals surface area contributed by atoms with Crippen molar-refractivity contribution in [2.45, 2.75) is 4.90 Å². The molecule has 0 spiro atoms. The highest BCUT2D eigenvalue weighted by Gasteiger charge is 2.23. The molecule has 0 saturated carbocycles. The Balaban J connectivity index is 1.57. The first kappa shape index (κ1) is 23.7. The van der Waals surface area contributed by atoms with E-state index in [4.69, 9.17) is 16.3 Å². The minimum atomic E-state index is -4.04. The highest BCUT2D eigenvalue weighted by atomic mass is 35.5. The van der Waals surface area contributed by atoms with Crippen LogP contribution < -0.4 is 10.0 Å². The van der Waals surface area contributed by atoms with Crippen LogP contribution in [-0.4, -0.2) is 51.4 Å². The van der Waals surface area contributed by atoms with Crippen LogP contribution in [0.2, 0.25) is 5.02 Å². The SMILES string of the molecule is O=C(Nc1ccccc1C(=O)N1CCOCC1)c1ccc(Cl)c(S(=O)(=O)Nc2ccccc2)c1. The molecular weight excluding hydrogens is 478 g/mol. The zero-order valence-electron chi connectivity index (χ0n) is 18.0. The van der Waals surface area contributed by atoms with E-state index in [-0.39, 0.29) is 21.4 Å². The second-order valence-corrected chi connectivity index (χ2v) is 9.58. The summed E-state index contributed by atoms with van der Waals surface area (Å²) < 4.78 is 33.5. The Kier molecular flexibility index (Phi) is 7.16. The molecule has 0 bridgehead atoms. The van der Waals surface area contributed by atoms with Crippen LogP contribution in [0.5, 0.6) is 0 Å². The molecule has 1 aliphatic heterocycles. The van der Waals surface area contributed by atoms with Gasteiger partial charge in [-0.1, -0.05) is 41.9 Å². The third kappa shape index (κ3) is 5.39. The van der Waals surface area contributed by atoms with Crippen LogP contribution in [0.1, 0.15) is 20.7 Å². The fourth-order valence-electron chi connectivity index (χ4n) is 3.48. The van der Waals surface area contributed by atoms with Crippen LogP contribution in [0.15, 0.2) is 77.7 Å². The summed E-state index contributed by atoms with van der Waals surface area (Å²) in [4.78, 5) is 27.4. The Labute approximate surface area is 202 Å². The first-order valence-corrected chi connectivity index (χ1v) is 12.4. The normalized spacial score (nSPS) is 13.9. The molecule has 176 valence electrons. The summed E-state index contributed by atoms with van der Waals surface area (Å²) >= 11 is 6.15. The van der Waals surface area contributed by atoms with E-state index in [2.05, 4.69) is 10.0 Å². The Morgan fingerprint density at radius 3 is 2.32 bits per heavy atom. The maximum atomic E-state index is 13.0. The predicted molar refractivity (Wildman–Crippen MR) is 130 cm³/mol. The molecule has 8 nitrogen and oxygen atoms in total. The summed E-state index contributed by atoms with van der Waals surface area (Å²) in [6.45, 7) is 1.85. The van der Waals surface area contributed by atoms with E-state index in [1.165, 1.54) is 18.2 Å². The van der Waals surface area contributed by atoms with Crippen molar-refractivity contribution >= 4 is 44.8 Å². The van der Waals surface area contributed by atoms with Gasteiger partial charge in [0.25, 0.3) is 21.8 Å². The standard InChI is InChI=1S/C24H22ClN3O5S/c25-20-11-10-17(16-22(20)34(31,32)27-18-6-2-1-3-7-18)23(29)26-21-9-5-4-8-19(21)24(30)28-12-14-33-15-13-28/h1-11,16,27H,12-15H2,(H,26,29). The van der Waals surface area contributed by atoms with Gasteiger partial charge in [-0.05, 0) is 42.5 Å². The topological polar surface area (TPSA) is 105 Å². The molecule has 1 saturated heterocycles. The quantitative estimate of drug-likeness (QED) is 0.535. The number of anilines is 2. The first-order valence-electron chi connectivity index (χ1n) is 10.5. The average Bonchev–Trinajstić information content (AvgIpc) is 2.85. The molecule has 0 radical (unpaired) electrons. The van der Waals surface area contributed by atoms with Crippen LogP contribution in [0.3, 0.4) is 0 Å². The second-order valence-electron chi connectivity index (χ2n) is 7.52. The molecule has 0 unspecified atom stereocenters. The number of ether oxygens (including phenoxy) is 1. The third-order valence-electron chi connectivity index (χ3n) is 5.21. The summed E-state index contributed by atoms with van der Waals surface area (Å²) in [7, 11) is -4.04. The van der Waals surface area contributed by atoms with Crippen molar-refractivity contribution in [2.75, 3.05) is 36.3 Å². The van der Waals surface area contributed by atoms with Crippen molar-refractivity contribution in [1.82, 2.24) is 4.90 Å². The van der Waals surface area contributed by atoms with Crippen molar-refractivity contribution < 1.29 is 22.7 Å². The highest BCUT2D eigenvalue weighted by molar-refractivity contribution is 7.92. The van der Waals surface area contributed by atoms with E-state index in [0.717, 1.165) is 0 Å². The molecule has 1 fully saturated rings. The number of sulfonamides is 1. The minimum absolute atomic E-state index is 0.0251. The van der Waals surface area contributed by atoms with Gasteiger partial charge < -0.3 is 15.0 Å². The number of carbonyl (C=O) groups is 2. The van der Waals surface area contributed by atoms with Gasteiger partial charge in [0.1, 0.15) is 4.90 Å². The van der Waals surface area contributed by atoms with Gasteiger partial charge in [-0.15, -0.1) is 0 Å². The lowest BCUT2D eigenvalue weighted by atomic mass is 10.1. The van der Waals surface area contributed by atoms with Crippen molar-refractivity contribution in [3.63, 3.8) is 0 Å². The van der Waals surface area contributed by atoms with Gasteiger partial charge >= 0.3 is 0 Å². The fraction of sp³-hybridized carbons (Fsp3) is 0.167. The molecule has 1 heterocycles. The number of nitrogens with zero attached hydrogens (tertiary/aromatic N) is 1. The Morgan fingerprint density at radius 2 is 1.59 bits per heavy atom. The summed E-state index contributed by atoms with van der Waals surface area (Å²) in [5.41, 5.74) is 1.10. The van der Waals surface area contributed by atoms with Gasteiger partial charge in [0.05, 0.1) is 29.5 Å². The molecule has 1 aliphatic rings. The van der Waals surface area contributed by atoms with Crippen LogP contribution in [0.4, 0.5) is 11.4 Å². The number of morpholine rings is 1. The molecule has 0 aromatic heterocycles. The molecule has 0 atom stereocenters. The van der Waals surface area contributed by atoms with Crippen molar-refractivity contribution in [3.05, 3.63) is 88.9 Å². The Hall–Kier alpha value is -3.40. The largest absolute Gasteiger partial charge is 0.378 e. The zero-order valence-corrected chi connectivity index (χ0v) is 19.6. The molecule has 2 N–H and O–H groups in total. The van der Waals surface area contributed by atoms with E-state index >= 15 is 0 Å². The molecule has 4 rings (SSSR count). The number of carbonyl (C=O) groups excluding carboxylic acids is 2. The molecule has 2 amide bonds. The van der Waals surface area contributed by atoms with Crippen molar-refractivity contribution in [1.29, 1.82) is 0 Å². The molecule has 0 aliphatic carbocycles. The molecule has 3 aromatic rings. The first-order chi connectivity index (χ1) is 16.3. The number of para-hydroxylation sites is 2.